The Kier molecular flexibility index (Phi) is 8.50. The summed E-state index contributed by atoms with van der Waals surface area (Å²) in [6, 6.07) is 0.453. The minimum atomic E-state index is -0.250. The molecular formula is C16H25N3O5S. The molecule has 0 spiro atoms. The number of likely N-dealkylation sites (tertiary alicyclic amines) is 1. The van der Waals surface area contributed by atoms with E-state index in [1.807, 2.05) is 20.9 Å². The number of methoxy groups -OCH3 is 1. The third-order valence-corrected chi connectivity index (χ3v) is 5.29. The Morgan fingerprint density at radius 1 is 1.40 bits per heavy atom. The lowest BCUT2D eigenvalue weighted by Crippen LogP contribution is -2.41. The van der Waals surface area contributed by atoms with Gasteiger partial charge in [0.25, 0.3) is 12.4 Å². The van der Waals surface area contributed by atoms with Crippen molar-refractivity contribution in [3.63, 3.8) is 0 Å². The van der Waals surface area contributed by atoms with Gasteiger partial charge < -0.3 is 15.2 Å². The SMILES string of the molecule is COC(=O)C[C@H]1CC[C@@H](CNC(=O)c2sc(C)nc2C)N1C.O=CO. The predicted octanol–water partition coefficient (Wildman–Crippen LogP) is 1.22. The molecule has 8 nitrogen and oxygen atoms in total. The number of carbonyl (C=O) groups is 3. The van der Waals surface area contributed by atoms with Crippen LogP contribution in [-0.4, -0.2) is 66.1 Å². The van der Waals surface area contributed by atoms with Gasteiger partial charge in [0.1, 0.15) is 4.88 Å². The van der Waals surface area contributed by atoms with Gasteiger partial charge in [0, 0.05) is 18.6 Å². The van der Waals surface area contributed by atoms with E-state index in [0.29, 0.717) is 17.8 Å². The minimum absolute atomic E-state index is 0.0621. The Morgan fingerprint density at radius 2 is 2.00 bits per heavy atom. The molecule has 1 aliphatic rings. The first-order valence-corrected chi connectivity index (χ1v) is 8.74. The van der Waals surface area contributed by atoms with Crippen LogP contribution in [-0.2, 0) is 14.3 Å². The summed E-state index contributed by atoms with van der Waals surface area (Å²) in [6.07, 6.45) is 2.33. The molecule has 2 heterocycles. The van der Waals surface area contributed by atoms with Crippen LogP contribution in [0.4, 0.5) is 0 Å². The van der Waals surface area contributed by atoms with Crippen molar-refractivity contribution in [1.29, 1.82) is 0 Å². The Morgan fingerprint density at radius 3 is 2.52 bits per heavy atom. The minimum Gasteiger partial charge on any atom is -0.483 e. The van der Waals surface area contributed by atoms with Crippen molar-refractivity contribution in [3.05, 3.63) is 15.6 Å². The van der Waals surface area contributed by atoms with Gasteiger partial charge in [-0.25, -0.2) is 4.98 Å². The molecule has 25 heavy (non-hydrogen) atoms. The van der Waals surface area contributed by atoms with Gasteiger partial charge in [-0.15, -0.1) is 11.3 Å². The first-order chi connectivity index (χ1) is 11.8. The lowest BCUT2D eigenvalue weighted by molar-refractivity contribution is -0.141. The molecule has 1 saturated heterocycles. The van der Waals surface area contributed by atoms with Gasteiger partial charge in [0.05, 0.1) is 24.2 Å². The highest BCUT2D eigenvalue weighted by atomic mass is 32.1. The Balaban J connectivity index is 0.000000970. The molecule has 1 aliphatic heterocycles. The second-order valence-electron chi connectivity index (χ2n) is 5.79. The van der Waals surface area contributed by atoms with Crippen LogP contribution < -0.4 is 5.32 Å². The zero-order valence-electron chi connectivity index (χ0n) is 14.9. The van der Waals surface area contributed by atoms with Gasteiger partial charge in [0.2, 0.25) is 0 Å². The maximum absolute atomic E-state index is 12.2. The summed E-state index contributed by atoms with van der Waals surface area (Å²) in [4.78, 5) is 39.1. The Bertz CT molecular complexity index is 605. The third-order valence-electron chi connectivity index (χ3n) is 4.22. The van der Waals surface area contributed by atoms with E-state index in [2.05, 4.69) is 15.2 Å². The molecule has 1 fully saturated rings. The van der Waals surface area contributed by atoms with Crippen LogP contribution in [0.5, 0.6) is 0 Å². The molecule has 2 N–H and O–H groups in total. The lowest BCUT2D eigenvalue weighted by Gasteiger charge is -2.25. The molecule has 2 atom stereocenters. The number of aromatic nitrogens is 1. The summed E-state index contributed by atoms with van der Waals surface area (Å²) < 4.78 is 4.73. The van der Waals surface area contributed by atoms with E-state index in [-0.39, 0.29) is 30.4 Å². The number of carbonyl (C=O) groups excluding carboxylic acids is 2. The van der Waals surface area contributed by atoms with Crippen molar-refractivity contribution in [3.8, 4) is 0 Å². The number of thiazole rings is 1. The highest BCUT2D eigenvalue weighted by Gasteiger charge is 2.32. The molecule has 0 radical (unpaired) electrons. The van der Waals surface area contributed by atoms with Crippen molar-refractivity contribution < 1.29 is 24.2 Å². The normalized spacial score (nSPS) is 19.7. The van der Waals surface area contributed by atoms with E-state index in [4.69, 9.17) is 14.6 Å². The van der Waals surface area contributed by atoms with Gasteiger partial charge in [0.15, 0.2) is 0 Å². The fraction of sp³-hybridized carbons (Fsp3) is 0.625. The van der Waals surface area contributed by atoms with Gasteiger partial charge in [-0.3, -0.25) is 19.3 Å². The summed E-state index contributed by atoms with van der Waals surface area (Å²) >= 11 is 1.42. The Hall–Kier alpha value is -2.00. The molecule has 2 rings (SSSR count). The van der Waals surface area contributed by atoms with Crippen molar-refractivity contribution in [1.82, 2.24) is 15.2 Å². The highest BCUT2D eigenvalue weighted by molar-refractivity contribution is 7.13. The number of likely N-dealkylation sites (N-methyl/N-ethyl adjacent to an activating group) is 1. The van der Waals surface area contributed by atoms with E-state index in [1.165, 1.54) is 18.4 Å². The topological polar surface area (TPSA) is 109 Å². The van der Waals surface area contributed by atoms with Gasteiger partial charge in [-0.05, 0) is 33.7 Å². The number of ether oxygens (including phenoxy) is 1. The summed E-state index contributed by atoms with van der Waals surface area (Å²) in [5.74, 6) is -0.245. The molecule has 1 aromatic heterocycles. The standard InChI is InChI=1S/C15H23N3O3S.CH2O2/c1-9-14(22-10(2)17-9)15(20)16-8-12-6-5-11(18(12)3)7-13(19)21-4;2-1-3/h11-12H,5-8H2,1-4H3,(H,16,20);1H,(H,2,3)/t11-,12+;/m1./s1. The maximum Gasteiger partial charge on any atom is 0.307 e. The maximum atomic E-state index is 12.2. The van der Waals surface area contributed by atoms with Gasteiger partial charge in [-0.1, -0.05) is 0 Å². The summed E-state index contributed by atoms with van der Waals surface area (Å²) in [5.41, 5.74) is 0.781. The number of amides is 1. The van der Waals surface area contributed by atoms with Crippen molar-refractivity contribution in [2.45, 2.75) is 45.2 Å². The highest BCUT2D eigenvalue weighted by Crippen LogP contribution is 2.24. The van der Waals surface area contributed by atoms with Crippen LogP contribution in [0.1, 0.15) is 39.6 Å². The van der Waals surface area contributed by atoms with E-state index < -0.39 is 0 Å². The molecule has 1 aromatic rings. The summed E-state index contributed by atoms with van der Waals surface area (Å²) in [7, 11) is 3.41. The zero-order chi connectivity index (χ0) is 19.0. The molecule has 0 saturated carbocycles. The quantitative estimate of drug-likeness (QED) is 0.591. The molecule has 9 heteroatoms. The van der Waals surface area contributed by atoms with Crippen LogP contribution in [0.2, 0.25) is 0 Å². The molecule has 0 unspecified atom stereocenters. The molecule has 1 amide bonds. The number of nitrogens with zero attached hydrogens (tertiary/aromatic N) is 2. The molecule has 0 bridgehead atoms. The molecule has 0 aromatic carbocycles. The first kappa shape index (κ1) is 21.0. The summed E-state index contributed by atoms with van der Waals surface area (Å²) in [5, 5.41) is 10.8. The van der Waals surface area contributed by atoms with Gasteiger partial charge in [-0.2, -0.15) is 0 Å². The second kappa shape index (κ2) is 10.1. The third kappa shape index (κ3) is 6.09. The average molecular weight is 371 g/mol. The first-order valence-electron chi connectivity index (χ1n) is 7.92. The van der Waals surface area contributed by atoms with Gasteiger partial charge >= 0.3 is 5.97 Å². The number of rotatable bonds is 5. The number of carboxylic acid groups (broad SMARTS) is 1. The largest absolute Gasteiger partial charge is 0.483 e. The lowest BCUT2D eigenvalue weighted by atomic mass is 10.1. The van der Waals surface area contributed by atoms with E-state index in [0.717, 1.165) is 23.5 Å². The fourth-order valence-electron chi connectivity index (χ4n) is 2.89. The summed E-state index contributed by atoms with van der Waals surface area (Å²) in [6.45, 7) is 4.09. The number of aryl methyl sites for hydroxylation is 2. The molecular weight excluding hydrogens is 346 g/mol. The zero-order valence-corrected chi connectivity index (χ0v) is 15.8. The van der Waals surface area contributed by atoms with Crippen molar-refractivity contribution in [2.75, 3.05) is 20.7 Å². The Labute approximate surface area is 151 Å². The average Bonchev–Trinajstić information content (AvgIpc) is 3.08. The van der Waals surface area contributed by atoms with Crippen LogP contribution in [0, 0.1) is 13.8 Å². The monoisotopic (exact) mass is 371 g/mol. The molecule has 140 valence electrons. The smallest absolute Gasteiger partial charge is 0.307 e. The van der Waals surface area contributed by atoms with Crippen LogP contribution in [0.15, 0.2) is 0 Å². The van der Waals surface area contributed by atoms with E-state index in [1.54, 1.807) is 0 Å². The van der Waals surface area contributed by atoms with Crippen molar-refractivity contribution >= 4 is 29.7 Å². The van der Waals surface area contributed by atoms with Crippen molar-refractivity contribution in [2.24, 2.45) is 0 Å². The van der Waals surface area contributed by atoms with Crippen LogP contribution in [0.3, 0.4) is 0 Å². The number of esters is 1. The predicted molar refractivity (Wildman–Crippen MR) is 93.8 cm³/mol. The fourth-order valence-corrected chi connectivity index (χ4v) is 3.73. The number of hydrogen-bond acceptors (Lipinski definition) is 7. The number of nitrogens with one attached hydrogen (secondary N) is 1. The second-order valence-corrected chi connectivity index (χ2v) is 7.00. The van der Waals surface area contributed by atoms with Crippen LogP contribution >= 0.6 is 11.3 Å². The van der Waals surface area contributed by atoms with Crippen LogP contribution in [0.25, 0.3) is 0 Å². The van der Waals surface area contributed by atoms with E-state index >= 15 is 0 Å². The molecule has 0 aliphatic carbocycles. The number of hydrogen-bond donors (Lipinski definition) is 2. The van der Waals surface area contributed by atoms with E-state index in [9.17, 15) is 9.59 Å².